The molecule has 2 N–H and O–H groups in total. The first-order valence-electron chi connectivity index (χ1n) is 13.8. The average Bonchev–Trinajstić information content (AvgIpc) is 2.88. The summed E-state index contributed by atoms with van der Waals surface area (Å²) in [6, 6.07) is 8.92. The molecule has 3 atom stereocenters. The lowest BCUT2D eigenvalue weighted by Crippen LogP contribution is -2.70. The number of carbonyl (C=O) groups excluding carboxylic acids is 3. The molecule has 3 amide bonds. The second kappa shape index (κ2) is 14.6. The molecule has 1 fully saturated rings. The van der Waals surface area contributed by atoms with Gasteiger partial charge in [0.05, 0.1) is 21.1 Å². The number of hydrogen-bond donors (Lipinski definition) is 2. The minimum absolute atomic E-state index is 0.176. The van der Waals surface area contributed by atoms with Crippen molar-refractivity contribution in [3.8, 4) is 0 Å². The number of nitrogens with one attached hydrogen (secondary N) is 2. The number of hydrogen-bond acceptors (Lipinski definition) is 6. The summed E-state index contributed by atoms with van der Waals surface area (Å²) < 4.78 is 2.03. The first kappa shape index (κ1) is 34.5. The first-order chi connectivity index (χ1) is 19.6. The van der Waals surface area contributed by atoms with Crippen LogP contribution in [0.5, 0.6) is 0 Å². The van der Waals surface area contributed by atoms with Gasteiger partial charge in [-0.05, 0) is 102 Å². The van der Waals surface area contributed by atoms with Crippen LogP contribution in [0.15, 0.2) is 41.3 Å². The third-order valence-corrected chi connectivity index (χ3v) is 9.28. The number of likely N-dealkylation sites (N-methyl/N-ethyl adjacent to an activating group) is 1. The Hall–Kier alpha value is -2.01. The van der Waals surface area contributed by atoms with Gasteiger partial charge in [-0.3, -0.25) is 4.79 Å². The summed E-state index contributed by atoms with van der Waals surface area (Å²) in [5, 5.41) is 7.06. The van der Waals surface area contributed by atoms with Crippen LogP contribution in [-0.2, 0) is 16.0 Å². The largest absolute Gasteiger partial charge is 0.334 e. The number of urea groups is 1. The fraction of sp³-hybridized carbons (Fsp3) is 0.500. The lowest BCUT2D eigenvalue weighted by atomic mass is 10.0. The standard InChI is InChI=1S/C30H40Cl3N5O3S/c1-18(2)36(7)16-27-37(42-26-11-8-19(3)12-24(26)33)15-25(34-29(41)35-30(4,5)6)28(40)38(27)21(17-39)13-20-9-10-22(31)23(32)14-20/h8-12,14,17-18,21,25,27H,13,15-16H2,1-7H3,(H2,34,35,41). The number of aryl methyl sites for hydroxylation is 1. The second-order valence-corrected chi connectivity index (χ2v) is 14.3. The van der Waals surface area contributed by atoms with Crippen LogP contribution in [-0.4, -0.2) is 82.3 Å². The van der Waals surface area contributed by atoms with E-state index in [1.807, 2.05) is 57.2 Å². The Balaban J connectivity index is 2.07. The third-order valence-electron chi connectivity index (χ3n) is 6.94. The van der Waals surface area contributed by atoms with Crippen LogP contribution >= 0.6 is 46.8 Å². The number of benzene rings is 2. The van der Waals surface area contributed by atoms with Gasteiger partial charge in [0.25, 0.3) is 0 Å². The third kappa shape index (κ3) is 9.24. The van der Waals surface area contributed by atoms with Crippen molar-refractivity contribution in [2.24, 2.45) is 0 Å². The van der Waals surface area contributed by atoms with Crippen LogP contribution in [0.25, 0.3) is 0 Å². The molecule has 2 aromatic carbocycles. The summed E-state index contributed by atoms with van der Waals surface area (Å²) in [5.41, 5.74) is 1.27. The zero-order valence-electron chi connectivity index (χ0n) is 25.1. The highest BCUT2D eigenvalue weighted by Gasteiger charge is 2.45. The van der Waals surface area contributed by atoms with Gasteiger partial charge in [0.15, 0.2) is 0 Å². The zero-order chi connectivity index (χ0) is 31.4. The van der Waals surface area contributed by atoms with Crippen LogP contribution in [0.1, 0.15) is 45.7 Å². The summed E-state index contributed by atoms with van der Waals surface area (Å²) in [5.74, 6) is -0.342. The van der Waals surface area contributed by atoms with E-state index in [0.717, 1.165) is 22.3 Å². The Kier molecular flexibility index (Phi) is 12.0. The Morgan fingerprint density at radius 2 is 1.81 bits per heavy atom. The molecule has 0 aromatic heterocycles. The lowest BCUT2D eigenvalue weighted by Gasteiger charge is -2.49. The quantitative estimate of drug-likeness (QED) is 0.239. The number of carbonyl (C=O) groups is 3. The molecular formula is C30H40Cl3N5O3S. The van der Waals surface area contributed by atoms with Crippen LogP contribution in [0.3, 0.4) is 0 Å². The minimum Gasteiger partial charge on any atom is -0.334 e. The van der Waals surface area contributed by atoms with Crippen LogP contribution < -0.4 is 10.6 Å². The molecule has 1 aliphatic rings. The van der Waals surface area contributed by atoms with Gasteiger partial charge in [-0.2, -0.15) is 0 Å². The highest BCUT2D eigenvalue weighted by molar-refractivity contribution is 7.97. The first-order valence-corrected chi connectivity index (χ1v) is 15.7. The van der Waals surface area contributed by atoms with Crippen LogP contribution in [0.4, 0.5) is 4.79 Å². The summed E-state index contributed by atoms with van der Waals surface area (Å²) in [7, 11) is 1.98. The van der Waals surface area contributed by atoms with Gasteiger partial charge in [0.2, 0.25) is 5.91 Å². The molecule has 230 valence electrons. The van der Waals surface area contributed by atoms with Crippen LogP contribution in [0, 0.1) is 6.92 Å². The smallest absolute Gasteiger partial charge is 0.315 e. The van der Waals surface area contributed by atoms with E-state index in [2.05, 4.69) is 29.4 Å². The van der Waals surface area contributed by atoms with Gasteiger partial charge < -0.3 is 25.2 Å². The Morgan fingerprint density at radius 1 is 1.12 bits per heavy atom. The number of amides is 3. The van der Waals surface area contributed by atoms with Gasteiger partial charge in [-0.15, -0.1) is 0 Å². The van der Waals surface area contributed by atoms with Crippen molar-refractivity contribution in [1.82, 2.24) is 24.7 Å². The molecule has 12 heteroatoms. The SMILES string of the molecule is Cc1ccc(SN2CC(NC(=O)NC(C)(C)C)C(=O)N(C(C=O)Cc3ccc(Cl)c(Cl)c3)C2CN(C)C(C)C)c(Cl)c1. The summed E-state index contributed by atoms with van der Waals surface area (Å²) in [6.45, 7) is 12.3. The second-order valence-electron chi connectivity index (χ2n) is 11.9. The minimum atomic E-state index is -0.916. The molecule has 1 saturated heterocycles. The molecule has 0 radical (unpaired) electrons. The number of aldehydes is 1. The van der Waals surface area contributed by atoms with E-state index in [-0.39, 0.29) is 24.9 Å². The number of nitrogens with zero attached hydrogens (tertiary/aromatic N) is 3. The maximum Gasteiger partial charge on any atom is 0.315 e. The molecule has 0 spiro atoms. The Morgan fingerprint density at radius 3 is 2.38 bits per heavy atom. The van der Waals surface area contributed by atoms with E-state index in [4.69, 9.17) is 34.8 Å². The molecule has 0 saturated carbocycles. The van der Waals surface area contributed by atoms with Gasteiger partial charge in [-0.25, -0.2) is 9.10 Å². The van der Waals surface area contributed by atoms with Crippen molar-refractivity contribution in [2.45, 2.75) is 82.7 Å². The van der Waals surface area contributed by atoms with E-state index in [0.29, 0.717) is 21.6 Å². The molecule has 1 aliphatic heterocycles. The highest BCUT2D eigenvalue weighted by Crippen LogP contribution is 2.36. The van der Waals surface area contributed by atoms with Gasteiger partial charge >= 0.3 is 6.03 Å². The topological polar surface area (TPSA) is 85.0 Å². The van der Waals surface area contributed by atoms with E-state index < -0.39 is 29.8 Å². The Labute approximate surface area is 268 Å². The van der Waals surface area contributed by atoms with E-state index in [9.17, 15) is 14.4 Å². The van der Waals surface area contributed by atoms with Gasteiger partial charge in [0, 0.05) is 29.6 Å². The molecular weight excluding hydrogens is 617 g/mol. The summed E-state index contributed by atoms with van der Waals surface area (Å²) in [4.78, 5) is 44.4. The van der Waals surface area contributed by atoms with Gasteiger partial charge in [-0.1, -0.05) is 46.9 Å². The highest BCUT2D eigenvalue weighted by atomic mass is 35.5. The van der Waals surface area contributed by atoms with Crippen molar-refractivity contribution in [2.75, 3.05) is 20.1 Å². The number of halogens is 3. The molecule has 8 nitrogen and oxygen atoms in total. The molecule has 2 aromatic rings. The zero-order valence-corrected chi connectivity index (χ0v) is 28.2. The maximum atomic E-state index is 14.2. The molecule has 3 rings (SSSR count). The maximum absolute atomic E-state index is 14.2. The fourth-order valence-corrected chi connectivity index (χ4v) is 6.24. The van der Waals surface area contributed by atoms with E-state index in [1.54, 1.807) is 23.1 Å². The molecule has 42 heavy (non-hydrogen) atoms. The monoisotopic (exact) mass is 655 g/mol. The Bertz CT molecular complexity index is 1290. The van der Waals surface area contributed by atoms with Crippen molar-refractivity contribution < 1.29 is 14.4 Å². The molecule has 3 unspecified atom stereocenters. The van der Waals surface area contributed by atoms with Crippen LogP contribution in [0.2, 0.25) is 15.1 Å². The number of rotatable bonds is 10. The lowest BCUT2D eigenvalue weighted by molar-refractivity contribution is -0.150. The van der Waals surface area contributed by atoms with E-state index in [1.165, 1.54) is 11.9 Å². The van der Waals surface area contributed by atoms with Crippen molar-refractivity contribution >= 4 is 65.0 Å². The average molecular weight is 657 g/mol. The predicted octanol–water partition coefficient (Wildman–Crippen LogP) is 6.05. The summed E-state index contributed by atoms with van der Waals surface area (Å²) >= 11 is 20.4. The predicted molar refractivity (Wildman–Crippen MR) is 172 cm³/mol. The van der Waals surface area contributed by atoms with Crippen molar-refractivity contribution in [3.05, 3.63) is 62.6 Å². The fourth-order valence-electron chi connectivity index (χ4n) is 4.54. The molecule has 1 heterocycles. The van der Waals surface area contributed by atoms with E-state index >= 15 is 0 Å². The van der Waals surface area contributed by atoms with Gasteiger partial charge in [0.1, 0.15) is 18.5 Å². The van der Waals surface area contributed by atoms with Crippen molar-refractivity contribution in [3.63, 3.8) is 0 Å². The van der Waals surface area contributed by atoms with Crippen molar-refractivity contribution in [1.29, 1.82) is 0 Å². The molecule has 0 bridgehead atoms. The normalized spacial score (nSPS) is 18.9. The molecule has 0 aliphatic carbocycles. The summed E-state index contributed by atoms with van der Waals surface area (Å²) in [6.07, 6.45) is 0.481.